The molecule has 1 aliphatic carbocycles. The van der Waals surface area contributed by atoms with Crippen molar-refractivity contribution in [2.45, 2.75) is 64.4 Å². The Bertz CT molecular complexity index is 1020. The Morgan fingerprint density at radius 3 is 2.47 bits per heavy atom. The van der Waals surface area contributed by atoms with E-state index in [0.717, 1.165) is 40.3 Å². The van der Waals surface area contributed by atoms with Crippen molar-refractivity contribution in [3.8, 4) is 11.5 Å². The number of amides is 1. The van der Waals surface area contributed by atoms with Crippen molar-refractivity contribution in [3.05, 3.63) is 70.9 Å². The number of benzene rings is 2. The zero-order valence-electron chi connectivity index (χ0n) is 19.0. The lowest BCUT2D eigenvalue weighted by molar-refractivity contribution is -0.122. The quantitative estimate of drug-likeness (QED) is 0.646. The number of nitrogens with one attached hydrogen (secondary N) is 1. The largest absolute Gasteiger partial charge is 0.494 e. The minimum absolute atomic E-state index is 0.0118. The van der Waals surface area contributed by atoms with Gasteiger partial charge in [-0.1, -0.05) is 37.3 Å². The lowest BCUT2D eigenvalue weighted by Crippen LogP contribution is -2.38. The average Bonchev–Trinajstić information content (AvgIpc) is 2.77. The van der Waals surface area contributed by atoms with Crippen molar-refractivity contribution in [3.63, 3.8) is 0 Å². The summed E-state index contributed by atoms with van der Waals surface area (Å²) in [6.07, 6.45) is 2.32. The normalized spacial score (nSPS) is 20.8. The summed E-state index contributed by atoms with van der Waals surface area (Å²) >= 11 is 0. The van der Waals surface area contributed by atoms with Crippen LogP contribution < -0.4 is 14.8 Å². The molecule has 1 aliphatic heterocycles. The fourth-order valence-corrected chi connectivity index (χ4v) is 4.65. The van der Waals surface area contributed by atoms with Gasteiger partial charge in [-0.25, -0.2) is 0 Å². The molecule has 1 amide bonds. The van der Waals surface area contributed by atoms with Gasteiger partial charge < -0.3 is 14.8 Å². The molecule has 32 heavy (non-hydrogen) atoms. The number of ether oxygens (including phenoxy) is 2. The molecule has 2 aromatic rings. The maximum Gasteiger partial charge on any atom is 0.225 e. The summed E-state index contributed by atoms with van der Waals surface area (Å²) in [5.74, 6) is 1.41. The van der Waals surface area contributed by atoms with Crippen LogP contribution in [0.1, 0.15) is 69.4 Å². The van der Waals surface area contributed by atoms with Crippen molar-refractivity contribution in [2.24, 2.45) is 0 Å². The number of ketones is 1. The molecule has 2 aliphatic rings. The Labute approximate surface area is 189 Å². The predicted octanol–water partition coefficient (Wildman–Crippen LogP) is 5.27. The smallest absolute Gasteiger partial charge is 0.225 e. The number of carbonyl (C=O) groups is 2. The highest BCUT2D eigenvalue weighted by Gasteiger charge is 2.39. The molecule has 0 spiro atoms. The van der Waals surface area contributed by atoms with Crippen LogP contribution in [0.3, 0.4) is 0 Å². The fraction of sp³-hybridized carbons (Fsp3) is 0.407. The first-order chi connectivity index (χ1) is 15.5. The summed E-state index contributed by atoms with van der Waals surface area (Å²) < 4.78 is 11.7. The number of Topliss-reactive ketones (excluding diaryl/α,β-unsaturated/α-hetero) is 1. The topological polar surface area (TPSA) is 64.6 Å². The number of hydrogen-bond donors (Lipinski definition) is 1. The standard InChI is InChI=1S/C27H31NO4/c1-4-13-31-20-11-9-18(10-12-20)19-14-23-27(24(29)15-19)22(16-26(30)28-23)21-7-5-6-8-25(21)32-17(2)3/h5-12,17,19,22H,4,13-16H2,1-3H3,(H,28,30). The second-order valence-corrected chi connectivity index (χ2v) is 8.85. The van der Waals surface area contributed by atoms with Crippen LogP contribution in [0, 0.1) is 0 Å². The van der Waals surface area contributed by atoms with Gasteiger partial charge in [-0.05, 0) is 56.4 Å². The summed E-state index contributed by atoms with van der Waals surface area (Å²) in [5, 5.41) is 3.00. The van der Waals surface area contributed by atoms with Crippen LogP contribution in [0.2, 0.25) is 0 Å². The molecule has 0 fully saturated rings. The van der Waals surface area contributed by atoms with Crippen LogP contribution in [0.4, 0.5) is 0 Å². The molecular formula is C27H31NO4. The third-order valence-corrected chi connectivity index (χ3v) is 6.02. The molecule has 5 heteroatoms. The van der Waals surface area contributed by atoms with E-state index in [9.17, 15) is 9.59 Å². The van der Waals surface area contributed by atoms with Crippen molar-refractivity contribution < 1.29 is 19.1 Å². The molecule has 0 saturated carbocycles. The molecule has 2 unspecified atom stereocenters. The van der Waals surface area contributed by atoms with Crippen molar-refractivity contribution in [2.75, 3.05) is 6.61 Å². The molecule has 0 saturated heterocycles. The van der Waals surface area contributed by atoms with E-state index in [-0.39, 0.29) is 36.1 Å². The molecule has 2 atom stereocenters. The highest BCUT2D eigenvalue weighted by atomic mass is 16.5. The van der Waals surface area contributed by atoms with Gasteiger partial charge in [0.15, 0.2) is 5.78 Å². The van der Waals surface area contributed by atoms with Gasteiger partial charge in [0.1, 0.15) is 11.5 Å². The lowest BCUT2D eigenvalue weighted by atomic mass is 9.73. The Kier molecular flexibility index (Phi) is 6.63. The first kappa shape index (κ1) is 22.1. The number of para-hydroxylation sites is 1. The van der Waals surface area contributed by atoms with Crippen LogP contribution >= 0.6 is 0 Å². The van der Waals surface area contributed by atoms with E-state index < -0.39 is 0 Å². The molecule has 5 nitrogen and oxygen atoms in total. The molecule has 1 heterocycles. The highest BCUT2D eigenvalue weighted by Crippen LogP contribution is 2.44. The van der Waals surface area contributed by atoms with E-state index in [1.165, 1.54) is 0 Å². The number of allylic oxidation sites excluding steroid dienone is 2. The third kappa shape index (κ3) is 4.72. The zero-order chi connectivity index (χ0) is 22.7. The van der Waals surface area contributed by atoms with Crippen molar-refractivity contribution in [1.29, 1.82) is 0 Å². The third-order valence-electron chi connectivity index (χ3n) is 6.02. The minimum Gasteiger partial charge on any atom is -0.494 e. The first-order valence-electron chi connectivity index (χ1n) is 11.5. The predicted molar refractivity (Wildman–Crippen MR) is 124 cm³/mol. The molecule has 1 N–H and O–H groups in total. The molecule has 4 rings (SSSR count). The van der Waals surface area contributed by atoms with Crippen LogP contribution in [0.15, 0.2) is 59.8 Å². The first-order valence-corrected chi connectivity index (χ1v) is 11.5. The number of hydrogen-bond acceptors (Lipinski definition) is 4. The van der Waals surface area contributed by atoms with E-state index in [1.807, 2.05) is 62.4 Å². The summed E-state index contributed by atoms with van der Waals surface area (Å²) in [6, 6.07) is 15.7. The Morgan fingerprint density at radius 1 is 1.00 bits per heavy atom. The number of carbonyl (C=O) groups excluding carboxylic acids is 2. The van der Waals surface area contributed by atoms with Crippen LogP contribution in [-0.4, -0.2) is 24.4 Å². The highest BCUT2D eigenvalue weighted by molar-refractivity contribution is 6.02. The Morgan fingerprint density at radius 2 is 1.75 bits per heavy atom. The molecule has 0 aromatic heterocycles. The van der Waals surface area contributed by atoms with Gasteiger partial charge in [-0.2, -0.15) is 0 Å². The van der Waals surface area contributed by atoms with E-state index in [0.29, 0.717) is 19.4 Å². The van der Waals surface area contributed by atoms with Crippen LogP contribution in [0.5, 0.6) is 11.5 Å². The van der Waals surface area contributed by atoms with Gasteiger partial charge >= 0.3 is 0 Å². The second kappa shape index (κ2) is 9.60. The molecule has 168 valence electrons. The number of rotatable bonds is 7. The summed E-state index contributed by atoms with van der Waals surface area (Å²) in [7, 11) is 0. The molecule has 0 radical (unpaired) electrons. The van der Waals surface area contributed by atoms with E-state index in [2.05, 4.69) is 12.2 Å². The Hall–Kier alpha value is -3.08. The van der Waals surface area contributed by atoms with Gasteiger partial charge in [0, 0.05) is 35.6 Å². The maximum atomic E-state index is 13.4. The second-order valence-electron chi connectivity index (χ2n) is 8.85. The fourth-order valence-electron chi connectivity index (χ4n) is 4.65. The maximum absolute atomic E-state index is 13.4. The minimum atomic E-state index is -0.271. The van der Waals surface area contributed by atoms with E-state index in [1.54, 1.807) is 0 Å². The summed E-state index contributed by atoms with van der Waals surface area (Å²) in [5.41, 5.74) is 3.50. The average molecular weight is 434 g/mol. The van der Waals surface area contributed by atoms with E-state index in [4.69, 9.17) is 9.47 Å². The van der Waals surface area contributed by atoms with Crippen molar-refractivity contribution in [1.82, 2.24) is 5.32 Å². The summed E-state index contributed by atoms with van der Waals surface area (Å²) in [4.78, 5) is 26.0. The van der Waals surface area contributed by atoms with E-state index >= 15 is 0 Å². The summed E-state index contributed by atoms with van der Waals surface area (Å²) in [6.45, 7) is 6.72. The van der Waals surface area contributed by atoms with Gasteiger partial charge in [0.2, 0.25) is 5.91 Å². The van der Waals surface area contributed by atoms with Gasteiger partial charge in [0.25, 0.3) is 0 Å². The van der Waals surface area contributed by atoms with Gasteiger partial charge in [0.05, 0.1) is 12.7 Å². The van der Waals surface area contributed by atoms with Gasteiger partial charge in [-0.3, -0.25) is 9.59 Å². The Balaban J connectivity index is 1.63. The van der Waals surface area contributed by atoms with Crippen LogP contribution in [-0.2, 0) is 9.59 Å². The lowest BCUT2D eigenvalue weighted by Gasteiger charge is -2.35. The van der Waals surface area contributed by atoms with Crippen LogP contribution in [0.25, 0.3) is 0 Å². The van der Waals surface area contributed by atoms with Crippen molar-refractivity contribution >= 4 is 11.7 Å². The molecule has 2 aromatic carbocycles. The zero-order valence-corrected chi connectivity index (χ0v) is 19.0. The molecule has 0 bridgehead atoms. The monoisotopic (exact) mass is 433 g/mol. The molecular weight excluding hydrogens is 402 g/mol. The SMILES string of the molecule is CCCOc1ccc(C2CC(=O)C3=C(C2)NC(=O)CC3c2ccccc2OC(C)C)cc1. The van der Waals surface area contributed by atoms with Gasteiger partial charge in [-0.15, -0.1) is 0 Å².